The number of nitrogens with zero attached hydrogens (tertiary/aromatic N) is 3. The number of anilines is 1. The van der Waals surface area contributed by atoms with Crippen molar-refractivity contribution in [1.29, 1.82) is 0 Å². The van der Waals surface area contributed by atoms with Gasteiger partial charge in [0.25, 0.3) is 0 Å². The standard InChI is InChI=1S/C33H44N5O8P/c1-19(28(39)43-22-16-32(17-22)14-6-7-15-32)37-47(42,45-21-10-8-20(9-11-21)30(2,3)4)46-26-25-33(26,41)29(40)31(5,44-25)24-13-12-23-27(34)35-18-36-38(23)24/h8-13,18-19,22,25-26,29,40-41H,6-7,14-17H2,1-5H3,(H,37,42)(H2,34,35,36)/t19-,25+,26?,29-,31-,33-,47?/m0/s1. The van der Waals surface area contributed by atoms with Gasteiger partial charge in [-0.2, -0.15) is 10.2 Å². The number of benzene rings is 1. The van der Waals surface area contributed by atoms with Crippen LogP contribution in [0.1, 0.15) is 84.4 Å². The first-order valence-corrected chi connectivity index (χ1v) is 17.9. The van der Waals surface area contributed by atoms with Crippen LogP contribution in [0, 0.1) is 5.41 Å². The van der Waals surface area contributed by atoms with Gasteiger partial charge in [0.05, 0.1) is 5.69 Å². The maximum absolute atomic E-state index is 14.4. The molecule has 2 unspecified atom stereocenters. The van der Waals surface area contributed by atoms with Gasteiger partial charge in [-0.3, -0.25) is 9.32 Å². The Morgan fingerprint density at radius 2 is 1.85 bits per heavy atom. The number of ether oxygens (including phenoxy) is 2. The van der Waals surface area contributed by atoms with Crippen LogP contribution in [0.25, 0.3) is 5.52 Å². The van der Waals surface area contributed by atoms with E-state index in [0.29, 0.717) is 16.6 Å². The van der Waals surface area contributed by atoms with Crippen molar-refractivity contribution in [2.24, 2.45) is 5.41 Å². The van der Waals surface area contributed by atoms with Crippen molar-refractivity contribution >= 4 is 25.1 Å². The predicted molar refractivity (Wildman–Crippen MR) is 171 cm³/mol. The van der Waals surface area contributed by atoms with E-state index in [1.807, 2.05) is 12.1 Å². The maximum atomic E-state index is 14.4. The number of nitrogen functional groups attached to an aromatic ring is 1. The molecule has 3 aliphatic carbocycles. The molecule has 7 rings (SSSR count). The van der Waals surface area contributed by atoms with Crippen LogP contribution in [0.15, 0.2) is 42.7 Å². The molecule has 1 saturated heterocycles. The van der Waals surface area contributed by atoms with Gasteiger partial charge in [-0.1, -0.05) is 45.7 Å². The third kappa shape index (κ3) is 5.45. The minimum absolute atomic E-state index is 0.119. The Kier molecular flexibility index (Phi) is 7.59. The van der Waals surface area contributed by atoms with E-state index in [1.165, 1.54) is 43.4 Å². The topological polar surface area (TPSA) is 180 Å². The summed E-state index contributed by atoms with van der Waals surface area (Å²) in [6, 6.07) is 9.40. The van der Waals surface area contributed by atoms with Crippen LogP contribution in [0.2, 0.25) is 0 Å². The van der Waals surface area contributed by atoms with Gasteiger partial charge in [0, 0.05) is 0 Å². The number of nitrogens with one attached hydrogen (secondary N) is 1. The molecule has 0 bridgehead atoms. The molecule has 5 N–H and O–H groups in total. The summed E-state index contributed by atoms with van der Waals surface area (Å²) < 4.78 is 39.8. The number of aliphatic hydroxyl groups excluding tert-OH is 1. The molecule has 47 heavy (non-hydrogen) atoms. The highest BCUT2D eigenvalue weighted by atomic mass is 31.2. The molecule has 0 radical (unpaired) electrons. The first-order valence-electron chi connectivity index (χ1n) is 16.3. The quantitative estimate of drug-likeness (QED) is 0.189. The number of hydrogen-bond donors (Lipinski definition) is 4. The highest BCUT2D eigenvalue weighted by Gasteiger charge is 2.82. The van der Waals surface area contributed by atoms with Crippen molar-refractivity contribution in [3.8, 4) is 5.75 Å². The van der Waals surface area contributed by atoms with E-state index in [2.05, 4.69) is 35.9 Å². The predicted octanol–water partition coefficient (Wildman–Crippen LogP) is 4.15. The molecule has 4 aliphatic rings. The second-order valence-electron chi connectivity index (χ2n) is 15.0. The molecule has 3 aromatic rings. The summed E-state index contributed by atoms with van der Waals surface area (Å²) >= 11 is 0. The van der Waals surface area contributed by atoms with E-state index >= 15 is 0 Å². The van der Waals surface area contributed by atoms with Gasteiger partial charge in [0.2, 0.25) is 0 Å². The lowest BCUT2D eigenvalue weighted by atomic mass is 9.65. The summed E-state index contributed by atoms with van der Waals surface area (Å²) in [6.45, 7) is 9.38. The Morgan fingerprint density at radius 1 is 1.17 bits per heavy atom. The fourth-order valence-electron chi connectivity index (χ4n) is 7.70. The van der Waals surface area contributed by atoms with Gasteiger partial charge in [0.1, 0.15) is 53.7 Å². The zero-order valence-electron chi connectivity index (χ0n) is 27.4. The second kappa shape index (κ2) is 11.0. The first-order chi connectivity index (χ1) is 22.1. The highest BCUT2D eigenvalue weighted by Crippen LogP contribution is 2.63. The number of hydrogen-bond acceptors (Lipinski definition) is 11. The summed E-state index contributed by atoms with van der Waals surface area (Å²) in [6.07, 6.45) is 3.75. The number of esters is 1. The van der Waals surface area contributed by atoms with Crippen LogP contribution < -0.4 is 15.3 Å². The Balaban J connectivity index is 1.09. The minimum Gasteiger partial charge on any atom is -0.461 e. The number of nitrogens with two attached hydrogens (primary N) is 1. The normalized spacial score (nSPS) is 31.7. The minimum atomic E-state index is -4.38. The number of aliphatic hydroxyl groups is 2. The van der Waals surface area contributed by atoms with E-state index < -0.39 is 49.3 Å². The number of fused-ring (bicyclic) bond motifs is 2. The number of carbonyl (C=O) groups is 1. The third-order valence-electron chi connectivity index (χ3n) is 10.6. The van der Waals surface area contributed by atoms with Crippen LogP contribution in [-0.4, -0.2) is 66.8 Å². The molecule has 1 spiro atoms. The smallest absolute Gasteiger partial charge is 0.459 e. The zero-order chi connectivity index (χ0) is 33.6. The second-order valence-corrected chi connectivity index (χ2v) is 16.7. The maximum Gasteiger partial charge on any atom is 0.459 e. The molecule has 14 heteroatoms. The van der Waals surface area contributed by atoms with Crippen molar-refractivity contribution in [3.05, 3.63) is 54.0 Å². The van der Waals surface area contributed by atoms with Gasteiger partial charge in [-0.05, 0) is 80.2 Å². The Bertz CT molecular complexity index is 1730. The molecule has 3 heterocycles. The Labute approximate surface area is 273 Å². The van der Waals surface area contributed by atoms with Crippen molar-refractivity contribution < 1.29 is 38.1 Å². The SMILES string of the molecule is C[C@H](NP(=O)(Oc1ccc(C(C)(C)C)cc1)OC1[C@H]2O[C@@](C)(c3ccc4c(N)ncnn34)[C@H](O)[C@@]12O)C(=O)OC1CC2(CCCC2)C1. The molecule has 7 atom stereocenters. The van der Waals surface area contributed by atoms with Crippen LogP contribution in [-0.2, 0) is 34.4 Å². The van der Waals surface area contributed by atoms with E-state index in [4.69, 9.17) is 24.3 Å². The van der Waals surface area contributed by atoms with E-state index in [9.17, 15) is 19.6 Å². The summed E-state index contributed by atoms with van der Waals surface area (Å²) in [4.78, 5) is 17.1. The van der Waals surface area contributed by atoms with Crippen molar-refractivity contribution in [2.75, 3.05) is 5.73 Å². The summed E-state index contributed by atoms with van der Waals surface area (Å²) in [5.41, 5.74) is 4.82. The summed E-state index contributed by atoms with van der Waals surface area (Å²) in [7, 11) is -4.38. The number of rotatable bonds is 9. The van der Waals surface area contributed by atoms with E-state index in [0.717, 1.165) is 18.4 Å². The lowest BCUT2D eigenvalue weighted by Gasteiger charge is -2.44. The van der Waals surface area contributed by atoms with E-state index in [-0.39, 0.29) is 23.1 Å². The van der Waals surface area contributed by atoms with Gasteiger partial charge >= 0.3 is 13.7 Å². The third-order valence-corrected chi connectivity index (χ3v) is 12.2. The lowest BCUT2D eigenvalue weighted by Crippen LogP contribution is -2.47. The number of aromatic nitrogens is 3. The molecule has 0 amide bonds. The Morgan fingerprint density at radius 3 is 2.47 bits per heavy atom. The number of carbonyl (C=O) groups excluding carboxylic acids is 1. The van der Waals surface area contributed by atoms with Crippen molar-refractivity contribution in [2.45, 2.75) is 120 Å². The van der Waals surface area contributed by atoms with Gasteiger partial charge in [-0.25, -0.2) is 14.1 Å². The average molecular weight is 670 g/mol. The highest BCUT2D eigenvalue weighted by molar-refractivity contribution is 7.52. The monoisotopic (exact) mass is 669 g/mol. The van der Waals surface area contributed by atoms with Crippen molar-refractivity contribution in [3.63, 3.8) is 0 Å². The molecule has 1 aliphatic heterocycles. The molecule has 2 aromatic heterocycles. The average Bonchev–Trinajstić information content (AvgIpc) is 3.46. The fraction of sp³-hybridized carbons (Fsp3) is 0.606. The molecule has 4 fully saturated rings. The first kappa shape index (κ1) is 32.5. The Hall–Kier alpha value is -3.06. The van der Waals surface area contributed by atoms with Crippen LogP contribution in [0.5, 0.6) is 5.75 Å². The molecular weight excluding hydrogens is 625 g/mol. The molecule has 13 nitrogen and oxygen atoms in total. The van der Waals surface area contributed by atoms with Crippen molar-refractivity contribution in [1.82, 2.24) is 19.7 Å². The van der Waals surface area contributed by atoms with Gasteiger partial charge in [0.15, 0.2) is 11.4 Å². The fourth-order valence-corrected chi connectivity index (χ4v) is 9.41. The largest absolute Gasteiger partial charge is 0.461 e. The van der Waals surface area contributed by atoms with Crippen LogP contribution >= 0.6 is 7.75 Å². The molecule has 1 aromatic carbocycles. The zero-order valence-corrected chi connectivity index (χ0v) is 28.3. The van der Waals surface area contributed by atoms with Gasteiger partial charge < -0.3 is 29.9 Å². The molecular formula is C33H44N5O8P. The van der Waals surface area contributed by atoms with Crippen LogP contribution in [0.3, 0.4) is 0 Å². The molecule has 254 valence electrons. The van der Waals surface area contributed by atoms with Crippen LogP contribution in [0.4, 0.5) is 5.82 Å². The molecule has 3 saturated carbocycles. The van der Waals surface area contributed by atoms with E-state index in [1.54, 1.807) is 31.2 Å². The lowest BCUT2D eigenvalue weighted by molar-refractivity contribution is -0.162. The van der Waals surface area contributed by atoms with Gasteiger partial charge in [-0.15, -0.1) is 0 Å². The summed E-state index contributed by atoms with van der Waals surface area (Å²) in [5, 5.41) is 30.1. The summed E-state index contributed by atoms with van der Waals surface area (Å²) in [5.74, 6) is -0.0917.